The number of fused-ring (bicyclic) bond motifs is 2. The Bertz CT molecular complexity index is 468. The number of hydrogen-bond acceptors (Lipinski definition) is 2. The molecule has 0 amide bonds. The minimum absolute atomic E-state index is 0.0820. The fourth-order valence-electron chi connectivity index (χ4n) is 3.93. The molecule has 0 N–H and O–H groups in total. The highest BCUT2D eigenvalue weighted by atomic mass is 16.5. The van der Waals surface area contributed by atoms with Gasteiger partial charge in [0, 0.05) is 5.56 Å². The van der Waals surface area contributed by atoms with Crippen molar-refractivity contribution in [2.45, 2.75) is 51.0 Å². The largest absolute Gasteiger partial charge is 0.367 e. The molecule has 0 aromatic heterocycles. The zero-order chi connectivity index (χ0) is 14.0. The fourth-order valence-corrected chi connectivity index (χ4v) is 3.93. The molecule has 0 saturated heterocycles. The first-order valence-electron chi connectivity index (χ1n) is 7.89. The summed E-state index contributed by atoms with van der Waals surface area (Å²) in [5.41, 5.74) is 0.676. The first-order valence-corrected chi connectivity index (χ1v) is 7.89. The molecule has 2 aliphatic rings. The lowest BCUT2D eigenvalue weighted by Gasteiger charge is -2.47. The first kappa shape index (κ1) is 13.8. The van der Waals surface area contributed by atoms with Crippen LogP contribution in [-0.2, 0) is 4.74 Å². The third kappa shape index (κ3) is 2.80. The smallest absolute Gasteiger partial charge is 0.188 e. The van der Waals surface area contributed by atoms with Crippen LogP contribution in [0.15, 0.2) is 30.3 Å². The molecule has 1 aromatic rings. The topological polar surface area (TPSA) is 26.3 Å². The van der Waals surface area contributed by atoms with Gasteiger partial charge in [0.2, 0.25) is 0 Å². The Kier molecular flexibility index (Phi) is 3.93. The average molecular weight is 272 g/mol. The Labute approximate surface area is 121 Å². The van der Waals surface area contributed by atoms with Crippen molar-refractivity contribution in [1.82, 2.24) is 0 Å². The van der Waals surface area contributed by atoms with Gasteiger partial charge in [-0.1, -0.05) is 43.2 Å². The molecule has 0 unspecified atom stereocenters. The number of hydrogen-bond donors (Lipinski definition) is 0. The molecule has 2 heteroatoms. The van der Waals surface area contributed by atoms with E-state index in [1.807, 2.05) is 30.3 Å². The number of carbonyl (C=O) groups is 1. The maximum absolute atomic E-state index is 12.2. The summed E-state index contributed by atoms with van der Waals surface area (Å²) >= 11 is 0. The van der Waals surface area contributed by atoms with Crippen LogP contribution in [0.3, 0.4) is 0 Å². The number of rotatable bonds is 4. The molecule has 20 heavy (non-hydrogen) atoms. The molecule has 3 rings (SSSR count). The molecule has 2 saturated carbocycles. The lowest BCUT2D eigenvalue weighted by molar-refractivity contribution is -0.108. The van der Waals surface area contributed by atoms with Crippen LogP contribution in [0.4, 0.5) is 0 Å². The highest BCUT2D eigenvalue weighted by Crippen LogP contribution is 2.47. The lowest BCUT2D eigenvalue weighted by atomic mass is 9.65. The Morgan fingerprint density at radius 1 is 1.25 bits per heavy atom. The second kappa shape index (κ2) is 5.69. The predicted molar refractivity (Wildman–Crippen MR) is 79.8 cm³/mol. The van der Waals surface area contributed by atoms with Crippen LogP contribution in [0, 0.1) is 11.8 Å². The van der Waals surface area contributed by atoms with Crippen molar-refractivity contribution in [2.75, 3.05) is 6.61 Å². The van der Waals surface area contributed by atoms with Gasteiger partial charge in [-0.05, 0) is 44.4 Å². The number of Topliss-reactive ketones (excluding diaryl/α,β-unsaturated/α-hetero) is 1. The van der Waals surface area contributed by atoms with Crippen LogP contribution in [0.25, 0.3) is 0 Å². The molecule has 2 nitrogen and oxygen atoms in total. The van der Waals surface area contributed by atoms with Gasteiger partial charge in [-0.25, -0.2) is 0 Å². The van der Waals surface area contributed by atoms with Crippen molar-refractivity contribution in [2.24, 2.45) is 11.8 Å². The quantitative estimate of drug-likeness (QED) is 0.766. The normalized spacial score (nSPS) is 32.9. The summed E-state index contributed by atoms with van der Waals surface area (Å²) in [4.78, 5) is 12.2. The summed E-state index contributed by atoms with van der Waals surface area (Å²) in [5.74, 6) is 1.67. The average Bonchev–Trinajstić information content (AvgIpc) is 2.51. The zero-order valence-corrected chi connectivity index (χ0v) is 12.3. The minimum Gasteiger partial charge on any atom is -0.367 e. The van der Waals surface area contributed by atoms with E-state index in [4.69, 9.17) is 4.74 Å². The number of benzene rings is 1. The van der Waals surface area contributed by atoms with Crippen molar-refractivity contribution in [1.29, 1.82) is 0 Å². The fraction of sp³-hybridized carbons (Fsp3) is 0.611. The molecule has 2 fully saturated rings. The zero-order valence-electron chi connectivity index (χ0n) is 12.3. The van der Waals surface area contributed by atoms with E-state index in [0.29, 0.717) is 5.92 Å². The van der Waals surface area contributed by atoms with Crippen LogP contribution in [0.2, 0.25) is 0 Å². The van der Waals surface area contributed by atoms with Gasteiger partial charge >= 0.3 is 0 Å². The summed E-state index contributed by atoms with van der Waals surface area (Å²) in [7, 11) is 0. The van der Waals surface area contributed by atoms with Crippen molar-refractivity contribution >= 4 is 5.78 Å². The van der Waals surface area contributed by atoms with Crippen molar-refractivity contribution in [3.8, 4) is 0 Å². The van der Waals surface area contributed by atoms with Crippen LogP contribution in [-0.4, -0.2) is 18.0 Å². The summed E-state index contributed by atoms with van der Waals surface area (Å²) in [6, 6.07) is 9.47. The molecular weight excluding hydrogens is 248 g/mol. The van der Waals surface area contributed by atoms with Gasteiger partial charge in [0.25, 0.3) is 0 Å². The molecule has 108 valence electrons. The maximum Gasteiger partial charge on any atom is 0.188 e. The Morgan fingerprint density at radius 2 is 2.05 bits per heavy atom. The van der Waals surface area contributed by atoms with Gasteiger partial charge in [-0.15, -0.1) is 0 Å². The van der Waals surface area contributed by atoms with Crippen molar-refractivity contribution in [3.05, 3.63) is 35.9 Å². The van der Waals surface area contributed by atoms with Crippen molar-refractivity contribution in [3.63, 3.8) is 0 Å². The van der Waals surface area contributed by atoms with Gasteiger partial charge < -0.3 is 4.74 Å². The Hall–Kier alpha value is -1.15. The SMILES string of the molecule is C[C@]1(OCC(=O)c2ccccc2)CC[C@@H]2CCC[C@H]1C2. The molecule has 2 bridgehead atoms. The molecule has 1 aromatic carbocycles. The Morgan fingerprint density at radius 3 is 2.85 bits per heavy atom. The predicted octanol–water partition coefficient (Wildman–Crippen LogP) is 4.24. The molecule has 2 aliphatic carbocycles. The highest BCUT2D eigenvalue weighted by molar-refractivity contribution is 5.97. The van der Waals surface area contributed by atoms with E-state index in [-0.39, 0.29) is 18.0 Å². The number of carbonyl (C=O) groups excluding carboxylic acids is 1. The van der Waals surface area contributed by atoms with Crippen LogP contribution in [0.1, 0.15) is 55.8 Å². The third-order valence-electron chi connectivity index (χ3n) is 5.32. The molecule has 3 atom stereocenters. The van der Waals surface area contributed by atoms with Gasteiger partial charge in [-0.3, -0.25) is 4.79 Å². The standard InChI is InChI=1S/C18H24O2/c1-18(11-10-14-6-5-9-16(18)12-14)20-13-17(19)15-7-3-2-4-8-15/h2-4,7-8,14,16H,5-6,9-13H2,1H3/t14-,16-,18-/m0/s1. The van der Waals surface area contributed by atoms with Crippen molar-refractivity contribution < 1.29 is 9.53 Å². The Balaban J connectivity index is 1.61. The lowest BCUT2D eigenvalue weighted by Crippen LogP contribution is -2.45. The molecule has 0 spiro atoms. The number of ketones is 1. The van der Waals surface area contributed by atoms with E-state index < -0.39 is 0 Å². The van der Waals surface area contributed by atoms with Crippen LogP contribution < -0.4 is 0 Å². The molecule has 0 radical (unpaired) electrons. The first-order chi connectivity index (χ1) is 9.67. The van der Waals surface area contributed by atoms with E-state index in [9.17, 15) is 4.79 Å². The highest BCUT2D eigenvalue weighted by Gasteiger charge is 2.42. The van der Waals surface area contributed by atoms with Gasteiger partial charge in [0.15, 0.2) is 5.78 Å². The van der Waals surface area contributed by atoms with E-state index >= 15 is 0 Å². The van der Waals surface area contributed by atoms with E-state index in [0.717, 1.165) is 17.9 Å². The molecule has 0 heterocycles. The third-order valence-corrected chi connectivity index (χ3v) is 5.32. The second-order valence-electron chi connectivity index (χ2n) is 6.66. The van der Waals surface area contributed by atoms with E-state index in [2.05, 4.69) is 6.92 Å². The van der Waals surface area contributed by atoms with Crippen LogP contribution >= 0.6 is 0 Å². The van der Waals surface area contributed by atoms with Gasteiger partial charge in [0.05, 0.1) is 5.60 Å². The van der Waals surface area contributed by atoms with Gasteiger partial charge in [-0.2, -0.15) is 0 Å². The summed E-state index contributed by atoms with van der Waals surface area (Å²) in [5, 5.41) is 0. The summed E-state index contributed by atoms with van der Waals surface area (Å²) in [6.45, 7) is 2.44. The molecular formula is C18H24O2. The monoisotopic (exact) mass is 272 g/mol. The maximum atomic E-state index is 12.2. The molecule has 0 aliphatic heterocycles. The van der Waals surface area contributed by atoms with Crippen LogP contribution in [0.5, 0.6) is 0 Å². The minimum atomic E-state index is -0.0820. The van der Waals surface area contributed by atoms with E-state index in [1.165, 1.54) is 32.1 Å². The van der Waals surface area contributed by atoms with Gasteiger partial charge in [0.1, 0.15) is 6.61 Å². The summed E-state index contributed by atoms with van der Waals surface area (Å²) < 4.78 is 6.12. The summed E-state index contributed by atoms with van der Waals surface area (Å²) in [6.07, 6.45) is 7.69. The number of ether oxygens (including phenoxy) is 1. The second-order valence-corrected chi connectivity index (χ2v) is 6.66. The van der Waals surface area contributed by atoms with E-state index in [1.54, 1.807) is 0 Å².